The number of carbonyl (C=O) groups is 2. The van der Waals surface area contributed by atoms with Gasteiger partial charge < -0.3 is 11.1 Å². The average molecular weight is 294 g/mol. The van der Waals surface area contributed by atoms with Gasteiger partial charge in [0.15, 0.2) is 0 Å². The smallest absolute Gasteiger partial charge is 0.251 e. The van der Waals surface area contributed by atoms with E-state index in [0.29, 0.717) is 17.7 Å². The number of benzene rings is 2. The first-order valence-corrected chi connectivity index (χ1v) is 7.42. The number of aryl methyl sites for hydroxylation is 2. The fraction of sp³-hybridized carbons (Fsp3) is 0.222. The monoisotopic (exact) mass is 294 g/mol. The van der Waals surface area contributed by atoms with Gasteiger partial charge >= 0.3 is 0 Å². The van der Waals surface area contributed by atoms with Crippen LogP contribution in [0.4, 0.5) is 0 Å². The summed E-state index contributed by atoms with van der Waals surface area (Å²) in [6, 6.07) is 12.8. The summed E-state index contributed by atoms with van der Waals surface area (Å²) in [6.45, 7) is 0.504. The van der Waals surface area contributed by atoms with E-state index in [1.165, 1.54) is 17.5 Å². The third kappa shape index (κ3) is 3.01. The first-order chi connectivity index (χ1) is 10.6. The Morgan fingerprint density at radius 1 is 0.955 bits per heavy atom. The molecule has 22 heavy (non-hydrogen) atoms. The van der Waals surface area contributed by atoms with Gasteiger partial charge in [-0.2, -0.15) is 0 Å². The number of carbonyl (C=O) groups excluding carboxylic acids is 2. The number of nitrogens with two attached hydrogens (primary N) is 1. The summed E-state index contributed by atoms with van der Waals surface area (Å²) in [5, 5.41) is 2.90. The van der Waals surface area contributed by atoms with E-state index in [2.05, 4.69) is 23.5 Å². The molecule has 0 bridgehead atoms. The number of rotatable bonds is 4. The van der Waals surface area contributed by atoms with Crippen LogP contribution in [0.3, 0.4) is 0 Å². The molecule has 0 aliphatic heterocycles. The average Bonchev–Trinajstić information content (AvgIpc) is 3.00. The molecule has 112 valence electrons. The fourth-order valence-corrected chi connectivity index (χ4v) is 2.81. The fourth-order valence-electron chi connectivity index (χ4n) is 2.81. The normalized spacial score (nSPS) is 12.7. The topological polar surface area (TPSA) is 72.2 Å². The lowest BCUT2D eigenvalue weighted by atomic mass is 10.1. The molecule has 3 N–H and O–H groups in total. The molecule has 4 nitrogen and oxygen atoms in total. The largest absolute Gasteiger partial charge is 0.366 e. The summed E-state index contributed by atoms with van der Waals surface area (Å²) in [5.41, 5.74) is 10.0. The highest BCUT2D eigenvalue weighted by Gasteiger charge is 2.11. The first-order valence-electron chi connectivity index (χ1n) is 7.42. The first kappa shape index (κ1) is 14.3. The van der Waals surface area contributed by atoms with Crippen LogP contribution in [0.25, 0.3) is 0 Å². The lowest BCUT2D eigenvalue weighted by Crippen LogP contribution is -2.23. The molecule has 0 aromatic heterocycles. The van der Waals surface area contributed by atoms with Gasteiger partial charge in [-0.15, -0.1) is 0 Å². The second-order valence-corrected chi connectivity index (χ2v) is 5.58. The van der Waals surface area contributed by atoms with E-state index in [4.69, 9.17) is 5.73 Å². The third-order valence-corrected chi connectivity index (χ3v) is 4.05. The Hall–Kier alpha value is -2.62. The van der Waals surface area contributed by atoms with Crippen LogP contribution in [-0.4, -0.2) is 11.8 Å². The molecule has 0 atom stereocenters. The predicted molar refractivity (Wildman–Crippen MR) is 84.6 cm³/mol. The van der Waals surface area contributed by atoms with E-state index in [1.54, 1.807) is 24.3 Å². The van der Waals surface area contributed by atoms with Crippen molar-refractivity contribution < 1.29 is 9.59 Å². The van der Waals surface area contributed by atoms with Gasteiger partial charge in [-0.25, -0.2) is 0 Å². The third-order valence-electron chi connectivity index (χ3n) is 4.05. The van der Waals surface area contributed by atoms with Crippen LogP contribution in [0.1, 0.15) is 43.8 Å². The van der Waals surface area contributed by atoms with Gasteiger partial charge in [0.1, 0.15) is 0 Å². The molecule has 0 spiro atoms. The zero-order chi connectivity index (χ0) is 15.5. The van der Waals surface area contributed by atoms with Crippen molar-refractivity contribution in [3.63, 3.8) is 0 Å². The molecular formula is C18H18N2O2. The predicted octanol–water partition coefficient (Wildman–Crippen LogP) is 2.20. The lowest BCUT2D eigenvalue weighted by Gasteiger charge is -2.08. The molecule has 1 aliphatic carbocycles. The number of fused-ring (bicyclic) bond motifs is 1. The van der Waals surface area contributed by atoms with Crippen molar-refractivity contribution in [3.8, 4) is 0 Å². The molecule has 0 saturated heterocycles. The lowest BCUT2D eigenvalue weighted by molar-refractivity contribution is 0.0948. The molecule has 2 aromatic carbocycles. The summed E-state index contributed by atoms with van der Waals surface area (Å²) in [5.74, 6) is -0.651. The van der Waals surface area contributed by atoms with Crippen LogP contribution in [-0.2, 0) is 19.4 Å². The summed E-state index contributed by atoms with van der Waals surface area (Å²) < 4.78 is 0. The minimum Gasteiger partial charge on any atom is -0.366 e. The van der Waals surface area contributed by atoms with Gasteiger partial charge in [-0.05, 0) is 60.2 Å². The van der Waals surface area contributed by atoms with Crippen molar-refractivity contribution in [2.75, 3.05) is 0 Å². The Bertz CT molecular complexity index is 720. The van der Waals surface area contributed by atoms with E-state index >= 15 is 0 Å². The summed E-state index contributed by atoms with van der Waals surface area (Å²) in [7, 11) is 0. The second-order valence-electron chi connectivity index (χ2n) is 5.58. The van der Waals surface area contributed by atoms with Gasteiger partial charge in [0.05, 0.1) is 0 Å². The molecule has 0 unspecified atom stereocenters. The molecule has 4 heteroatoms. The van der Waals surface area contributed by atoms with Gasteiger partial charge in [-0.3, -0.25) is 9.59 Å². The van der Waals surface area contributed by atoms with Crippen LogP contribution < -0.4 is 11.1 Å². The quantitative estimate of drug-likeness (QED) is 0.907. The molecule has 0 saturated carbocycles. The van der Waals surface area contributed by atoms with E-state index in [9.17, 15) is 9.59 Å². The van der Waals surface area contributed by atoms with Crippen molar-refractivity contribution in [2.24, 2.45) is 5.73 Å². The van der Waals surface area contributed by atoms with Gasteiger partial charge in [-0.1, -0.05) is 18.2 Å². The maximum Gasteiger partial charge on any atom is 0.251 e. The molecule has 0 heterocycles. The summed E-state index contributed by atoms with van der Waals surface area (Å²) in [4.78, 5) is 23.1. The molecule has 1 aliphatic rings. The number of hydrogen-bond acceptors (Lipinski definition) is 2. The standard InChI is InChI=1S/C18H18N2O2/c19-17(21)14-6-8-15(9-7-14)18(22)20-11-12-4-5-13-2-1-3-16(13)10-12/h4-10H,1-3,11H2,(H2,19,21)(H,20,22). The Morgan fingerprint density at radius 3 is 2.36 bits per heavy atom. The number of primary amides is 1. The Kier molecular flexibility index (Phi) is 3.92. The minimum atomic E-state index is -0.495. The van der Waals surface area contributed by atoms with E-state index < -0.39 is 5.91 Å². The highest BCUT2D eigenvalue weighted by atomic mass is 16.2. The van der Waals surface area contributed by atoms with E-state index in [-0.39, 0.29) is 5.91 Å². The SMILES string of the molecule is NC(=O)c1ccc(C(=O)NCc2ccc3c(c2)CCC3)cc1. The van der Waals surface area contributed by atoms with Crippen LogP contribution in [0.15, 0.2) is 42.5 Å². The van der Waals surface area contributed by atoms with Crippen molar-refractivity contribution in [1.82, 2.24) is 5.32 Å². The van der Waals surface area contributed by atoms with Crippen LogP contribution in [0.5, 0.6) is 0 Å². The molecule has 2 aromatic rings. The zero-order valence-electron chi connectivity index (χ0n) is 12.3. The Labute approximate surface area is 129 Å². The highest BCUT2D eigenvalue weighted by Crippen LogP contribution is 2.22. The summed E-state index contributed by atoms with van der Waals surface area (Å²) >= 11 is 0. The number of hydrogen-bond donors (Lipinski definition) is 2. The van der Waals surface area contributed by atoms with Crippen molar-refractivity contribution in [2.45, 2.75) is 25.8 Å². The number of amides is 2. The van der Waals surface area contributed by atoms with Crippen molar-refractivity contribution in [1.29, 1.82) is 0 Å². The molecule has 0 radical (unpaired) electrons. The van der Waals surface area contributed by atoms with Gasteiger partial charge in [0.25, 0.3) is 5.91 Å². The zero-order valence-corrected chi connectivity index (χ0v) is 12.3. The van der Waals surface area contributed by atoms with Crippen LogP contribution >= 0.6 is 0 Å². The maximum absolute atomic E-state index is 12.1. The van der Waals surface area contributed by atoms with Gasteiger partial charge in [0.2, 0.25) is 5.91 Å². The van der Waals surface area contributed by atoms with Crippen LogP contribution in [0, 0.1) is 0 Å². The Balaban J connectivity index is 1.63. The van der Waals surface area contributed by atoms with Crippen LogP contribution in [0.2, 0.25) is 0 Å². The second kappa shape index (κ2) is 6.02. The van der Waals surface area contributed by atoms with Gasteiger partial charge in [0, 0.05) is 17.7 Å². The molecular weight excluding hydrogens is 276 g/mol. The van der Waals surface area contributed by atoms with E-state index in [0.717, 1.165) is 18.4 Å². The molecule has 2 amide bonds. The minimum absolute atomic E-state index is 0.156. The molecule has 3 rings (SSSR count). The van der Waals surface area contributed by atoms with Crippen molar-refractivity contribution in [3.05, 3.63) is 70.3 Å². The Morgan fingerprint density at radius 2 is 1.64 bits per heavy atom. The summed E-state index contributed by atoms with van der Waals surface area (Å²) in [6.07, 6.45) is 3.51. The molecule has 0 fully saturated rings. The van der Waals surface area contributed by atoms with E-state index in [1.807, 2.05) is 0 Å². The number of nitrogens with one attached hydrogen (secondary N) is 1. The maximum atomic E-state index is 12.1. The van der Waals surface area contributed by atoms with Crippen molar-refractivity contribution >= 4 is 11.8 Å². The highest BCUT2D eigenvalue weighted by molar-refractivity contribution is 5.97.